The van der Waals surface area contributed by atoms with Crippen LogP contribution in [-0.2, 0) is 9.59 Å². The van der Waals surface area contributed by atoms with Crippen molar-refractivity contribution < 1.29 is 9.59 Å². The second kappa shape index (κ2) is 5.74. The molecule has 1 aliphatic heterocycles. The molecule has 108 valence electrons. The van der Waals surface area contributed by atoms with Gasteiger partial charge in [-0.1, -0.05) is 6.08 Å². The van der Waals surface area contributed by atoms with Gasteiger partial charge < -0.3 is 16.0 Å². The highest BCUT2D eigenvalue weighted by Gasteiger charge is 2.49. The van der Waals surface area contributed by atoms with Crippen molar-refractivity contribution in [2.75, 3.05) is 13.1 Å². The van der Waals surface area contributed by atoms with E-state index in [1.54, 1.807) is 6.08 Å². The minimum Gasteiger partial charge on any atom is -0.349 e. The van der Waals surface area contributed by atoms with Crippen LogP contribution in [0.4, 0.5) is 0 Å². The summed E-state index contributed by atoms with van der Waals surface area (Å²) in [5.41, 5.74) is -1.21. The number of hydrogen-bond acceptors (Lipinski definition) is 3. The topological polar surface area (TPSA) is 70.2 Å². The zero-order valence-electron chi connectivity index (χ0n) is 12.3. The van der Waals surface area contributed by atoms with Crippen molar-refractivity contribution in [2.45, 2.75) is 45.2 Å². The van der Waals surface area contributed by atoms with Gasteiger partial charge in [0.2, 0.25) is 11.8 Å². The third-order valence-electron chi connectivity index (χ3n) is 3.24. The summed E-state index contributed by atoms with van der Waals surface area (Å²) in [7, 11) is 0. The Balaban J connectivity index is 3.01. The first-order valence-corrected chi connectivity index (χ1v) is 6.64. The molecule has 0 spiro atoms. The molecule has 1 heterocycles. The van der Waals surface area contributed by atoms with Crippen molar-refractivity contribution in [2.24, 2.45) is 5.92 Å². The molecule has 1 rings (SSSR count). The Labute approximate surface area is 115 Å². The molecule has 1 aliphatic rings. The van der Waals surface area contributed by atoms with Crippen LogP contribution in [0.3, 0.4) is 0 Å². The van der Waals surface area contributed by atoms with Crippen LogP contribution in [-0.4, -0.2) is 36.0 Å². The molecule has 5 heteroatoms. The van der Waals surface area contributed by atoms with Crippen molar-refractivity contribution in [3.8, 4) is 0 Å². The minimum atomic E-state index is -0.882. The largest absolute Gasteiger partial charge is 0.349 e. The third-order valence-corrected chi connectivity index (χ3v) is 3.24. The maximum Gasteiger partial charge on any atom is 0.247 e. The minimum absolute atomic E-state index is 0.0243. The molecule has 2 amide bonds. The molecule has 0 aromatic heterocycles. The van der Waals surface area contributed by atoms with E-state index in [0.717, 1.165) is 0 Å². The first-order chi connectivity index (χ1) is 8.71. The summed E-state index contributed by atoms with van der Waals surface area (Å²) in [4.78, 5) is 24.1. The first kappa shape index (κ1) is 15.7. The van der Waals surface area contributed by atoms with Gasteiger partial charge in [0.25, 0.3) is 0 Å². The Morgan fingerprint density at radius 1 is 1.47 bits per heavy atom. The molecular weight excluding hydrogens is 242 g/mol. The molecule has 0 saturated carbocycles. The lowest BCUT2D eigenvalue weighted by Crippen LogP contribution is -2.65. The van der Waals surface area contributed by atoms with Gasteiger partial charge in [-0.05, 0) is 27.2 Å². The lowest BCUT2D eigenvalue weighted by molar-refractivity contribution is -0.134. The van der Waals surface area contributed by atoms with Crippen molar-refractivity contribution in [3.63, 3.8) is 0 Å². The summed E-state index contributed by atoms with van der Waals surface area (Å²) in [5, 5.41) is 9.02. The second-order valence-corrected chi connectivity index (χ2v) is 6.21. The highest BCUT2D eigenvalue weighted by atomic mass is 16.2. The average molecular weight is 267 g/mol. The molecule has 0 aromatic rings. The summed E-state index contributed by atoms with van der Waals surface area (Å²) < 4.78 is 0. The van der Waals surface area contributed by atoms with Gasteiger partial charge in [-0.2, -0.15) is 0 Å². The van der Waals surface area contributed by atoms with E-state index in [1.807, 2.05) is 20.8 Å². The molecular formula is C14H25N3O2. The number of hydrogen-bond donors (Lipinski definition) is 3. The smallest absolute Gasteiger partial charge is 0.247 e. The van der Waals surface area contributed by atoms with Crippen LogP contribution >= 0.6 is 0 Å². The van der Waals surface area contributed by atoms with E-state index in [1.165, 1.54) is 6.92 Å². The molecule has 2 atom stereocenters. The summed E-state index contributed by atoms with van der Waals surface area (Å²) in [6.07, 6.45) is 2.48. The predicted octanol–water partition coefficient (Wildman–Crippen LogP) is 0.572. The molecule has 0 radical (unpaired) electrons. The SMILES string of the molecule is C=CC[C@@H]1CNC[C@]1(NC(C)=O)C(=O)NC(C)(C)C. The van der Waals surface area contributed by atoms with E-state index in [0.29, 0.717) is 19.5 Å². The van der Waals surface area contributed by atoms with E-state index in [2.05, 4.69) is 22.5 Å². The summed E-state index contributed by atoms with van der Waals surface area (Å²) in [6, 6.07) is 0. The van der Waals surface area contributed by atoms with Crippen molar-refractivity contribution in [1.82, 2.24) is 16.0 Å². The Hall–Kier alpha value is -1.36. The average Bonchev–Trinajstić information content (AvgIpc) is 2.60. The van der Waals surface area contributed by atoms with Gasteiger partial charge in [0.15, 0.2) is 0 Å². The van der Waals surface area contributed by atoms with Crippen LogP contribution in [0.1, 0.15) is 34.1 Å². The lowest BCUT2D eigenvalue weighted by Gasteiger charge is -2.36. The quantitative estimate of drug-likeness (QED) is 0.652. The number of allylic oxidation sites excluding steroid dienone is 1. The van der Waals surface area contributed by atoms with Crippen molar-refractivity contribution in [1.29, 1.82) is 0 Å². The van der Waals surface area contributed by atoms with E-state index < -0.39 is 5.54 Å². The number of carbonyl (C=O) groups excluding carboxylic acids is 2. The Morgan fingerprint density at radius 2 is 2.11 bits per heavy atom. The number of amides is 2. The number of nitrogens with one attached hydrogen (secondary N) is 3. The van der Waals surface area contributed by atoms with Crippen LogP contribution in [0.5, 0.6) is 0 Å². The monoisotopic (exact) mass is 267 g/mol. The highest BCUT2D eigenvalue weighted by molar-refractivity contribution is 5.92. The van der Waals surface area contributed by atoms with Crippen LogP contribution in [0.2, 0.25) is 0 Å². The fourth-order valence-corrected chi connectivity index (χ4v) is 2.48. The zero-order chi connectivity index (χ0) is 14.7. The molecule has 0 aromatic carbocycles. The number of rotatable bonds is 4. The van der Waals surface area contributed by atoms with E-state index >= 15 is 0 Å². The van der Waals surface area contributed by atoms with Gasteiger partial charge in [-0.15, -0.1) is 6.58 Å². The summed E-state index contributed by atoms with van der Waals surface area (Å²) in [6.45, 7) is 12.1. The summed E-state index contributed by atoms with van der Waals surface area (Å²) in [5.74, 6) is -0.301. The molecule has 0 unspecified atom stereocenters. The predicted molar refractivity (Wildman–Crippen MR) is 75.6 cm³/mol. The van der Waals surface area contributed by atoms with Gasteiger partial charge in [0.05, 0.1) is 0 Å². The van der Waals surface area contributed by atoms with Crippen molar-refractivity contribution in [3.05, 3.63) is 12.7 Å². The maximum absolute atomic E-state index is 12.6. The molecule has 0 aliphatic carbocycles. The van der Waals surface area contributed by atoms with Gasteiger partial charge in [-0.25, -0.2) is 0 Å². The maximum atomic E-state index is 12.6. The fraction of sp³-hybridized carbons (Fsp3) is 0.714. The molecule has 0 bridgehead atoms. The zero-order valence-corrected chi connectivity index (χ0v) is 12.3. The van der Waals surface area contributed by atoms with E-state index in [-0.39, 0.29) is 23.3 Å². The van der Waals surface area contributed by atoms with Gasteiger partial charge in [-0.3, -0.25) is 9.59 Å². The Bertz CT molecular complexity index is 373. The molecule has 1 saturated heterocycles. The van der Waals surface area contributed by atoms with Crippen LogP contribution in [0, 0.1) is 5.92 Å². The molecule has 3 N–H and O–H groups in total. The second-order valence-electron chi connectivity index (χ2n) is 6.21. The number of carbonyl (C=O) groups is 2. The lowest BCUT2D eigenvalue weighted by atomic mass is 9.83. The van der Waals surface area contributed by atoms with Crippen LogP contribution in [0.25, 0.3) is 0 Å². The van der Waals surface area contributed by atoms with Crippen LogP contribution in [0.15, 0.2) is 12.7 Å². The van der Waals surface area contributed by atoms with Gasteiger partial charge >= 0.3 is 0 Å². The Morgan fingerprint density at radius 3 is 2.58 bits per heavy atom. The van der Waals surface area contributed by atoms with Crippen LogP contribution < -0.4 is 16.0 Å². The molecule has 1 fully saturated rings. The van der Waals surface area contributed by atoms with Gasteiger partial charge in [0.1, 0.15) is 5.54 Å². The van der Waals surface area contributed by atoms with Gasteiger partial charge in [0, 0.05) is 31.5 Å². The molecule has 5 nitrogen and oxygen atoms in total. The standard InChI is InChI=1S/C14H25N3O2/c1-6-7-11-8-15-9-14(11,16-10(2)18)12(19)17-13(3,4)5/h6,11,15H,1,7-9H2,2-5H3,(H,16,18)(H,17,19)/t11-,14-/m1/s1. The van der Waals surface area contributed by atoms with E-state index in [4.69, 9.17) is 0 Å². The summed E-state index contributed by atoms with van der Waals surface area (Å²) >= 11 is 0. The fourth-order valence-electron chi connectivity index (χ4n) is 2.48. The van der Waals surface area contributed by atoms with E-state index in [9.17, 15) is 9.59 Å². The van der Waals surface area contributed by atoms with Crippen molar-refractivity contribution >= 4 is 11.8 Å². The highest BCUT2D eigenvalue weighted by Crippen LogP contribution is 2.27. The Kier molecular flexibility index (Phi) is 4.74. The first-order valence-electron chi connectivity index (χ1n) is 6.64. The molecule has 19 heavy (non-hydrogen) atoms. The normalized spacial score (nSPS) is 26.8. The third kappa shape index (κ3) is 3.80.